The van der Waals surface area contributed by atoms with Crippen LogP contribution in [0, 0.1) is 34.5 Å². The highest BCUT2D eigenvalue weighted by molar-refractivity contribution is 5.87. The van der Waals surface area contributed by atoms with Crippen molar-refractivity contribution in [2.45, 2.75) is 71.3 Å². The van der Waals surface area contributed by atoms with Crippen molar-refractivity contribution >= 4 is 11.5 Å². The maximum atomic E-state index is 12.5. The molecule has 4 rings (SSSR count). The highest BCUT2D eigenvalue weighted by atomic mass is 16.6. The van der Waals surface area contributed by atoms with Gasteiger partial charge >= 0.3 is 0 Å². The number of fused-ring (bicyclic) bond motifs is 5. The fourth-order valence-electron chi connectivity index (χ4n) is 7.15. The van der Waals surface area contributed by atoms with Crippen molar-refractivity contribution in [3.63, 3.8) is 0 Å². The lowest BCUT2D eigenvalue weighted by Crippen LogP contribution is -2.57. The SMILES string of the molecule is C[C@]12CCC3C(C[C@@H](O)[C@H]4C/C(=N/OCCN)CC[C@]34C)C1CCC2=O. The molecule has 0 spiro atoms. The maximum Gasteiger partial charge on any atom is 0.139 e. The van der Waals surface area contributed by atoms with Crippen LogP contribution in [-0.2, 0) is 9.63 Å². The molecule has 3 unspecified atom stereocenters. The third-order valence-corrected chi connectivity index (χ3v) is 8.63. The average molecular weight is 363 g/mol. The molecule has 7 atom stereocenters. The lowest BCUT2D eigenvalue weighted by molar-refractivity contribution is -0.153. The topological polar surface area (TPSA) is 84.9 Å². The van der Waals surface area contributed by atoms with E-state index < -0.39 is 0 Å². The van der Waals surface area contributed by atoms with Gasteiger partial charge in [-0.05, 0) is 74.0 Å². The van der Waals surface area contributed by atoms with Gasteiger partial charge in [-0.3, -0.25) is 4.79 Å². The molecule has 5 heteroatoms. The third-order valence-electron chi connectivity index (χ3n) is 8.63. The second kappa shape index (κ2) is 6.59. The molecule has 0 aromatic rings. The second-order valence-corrected chi connectivity index (χ2v) is 9.69. The van der Waals surface area contributed by atoms with Crippen molar-refractivity contribution in [3.05, 3.63) is 0 Å². The first-order valence-electron chi connectivity index (χ1n) is 10.5. The van der Waals surface area contributed by atoms with Crippen molar-refractivity contribution < 1.29 is 14.7 Å². The van der Waals surface area contributed by atoms with Crippen molar-refractivity contribution in [2.75, 3.05) is 13.2 Å². The molecule has 0 saturated heterocycles. The number of rotatable bonds is 3. The van der Waals surface area contributed by atoms with Gasteiger partial charge in [0.2, 0.25) is 0 Å². The summed E-state index contributed by atoms with van der Waals surface area (Å²) < 4.78 is 0. The molecule has 3 N–H and O–H groups in total. The molecule has 0 amide bonds. The molecule has 0 heterocycles. The first kappa shape index (κ1) is 18.4. The lowest BCUT2D eigenvalue weighted by atomic mass is 9.44. The van der Waals surface area contributed by atoms with Crippen LogP contribution in [0.2, 0.25) is 0 Å². The van der Waals surface area contributed by atoms with E-state index in [0.29, 0.717) is 36.7 Å². The maximum absolute atomic E-state index is 12.5. The number of carbonyl (C=O) groups excluding carboxylic acids is 1. The summed E-state index contributed by atoms with van der Waals surface area (Å²) in [6, 6.07) is 0. The van der Waals surface area contributed by atoms with E-state index in [2.05, 4.69) is 19.0 Å². The fourth-order valence-corrected chi connectivity index (χ4v) is 7.15. The summed E-state index contributed by atoms with van der Waals surface area (Å²) in [5.41, 5.74) is 6.58. The summed E-state index contributed by atoms with van der Waals surface area (Å²) in [7, 11) is 0. The zero-order valence-corrected chi connectivity index (χ0v) is 16.2. The predicted molar refractivity (Wildman–Crippen MR) is 101 cm³/mol. The van der Waals surface area contributed by atoms with Crippen LogP contribution in [0.15, 0.2) is 5.16 Å². The van der Waals surface area contributed by atoms with Crippen molar-refractivity contribution in [1.82, 2.24) is 0 Å². The molecule has 4 fully saturated rings. The molecule has 4 saturated carbocycles. The predicted octanol–water partition coefficient (Wildman–Crippen LogP) is 2.90. The van der Waals surface area contributed by atoms with Gasteiger partial charge in [0.1, 0.15) is 12.4 Å². The van der Waals surface area contributed by atoms with Crippen molar-refractivity contribution in [2.24, 2.45) is 45.4 Å². The molecule has 5 nitrogen and oxygen atoms in total. The Morgan fingerprint density at radius 2 is 2.00 bits per heavy atom. The van der Waals surface area contributed by atoms with Crippen LogP contribution in [0.25, 0.3) is 0 Å². The van der Waals surface area contributed by atoms with Crippen LogP contribution in [0.3, 0.4) is 0 Å². The number of nitrogens with two attached hydrogens (primary N) is 1. The van der Waals surface area contributed by atoms with Gasteiger partial charge in [-0.2, -0.15) is 0 Å². The van der Waals surface area contributed by atoms with Crippen LogP contribution in [0.4, 0.5) is 0 Å². The van der Waals surface area contributed by atoms with Crippen LogP contribution >= 0.6 is 0 Å². The van der Waals surface area contributed by atoms with E-state index in [1.165, 1.54) is 0 Å². The monoisotopic (exact) mass is 362 g/mol. The van der Waals surface area contributed by atoms with Gasteiger partial charge in [0.05, 0.1) is 11.8 Å². The van der Waals surface area contributed by atoms with Crippen LogP contribution in [0.1, 0.15) is 65.2 Å². The first-order chi connectivity index (χ1) is 12.4. The number of nitrogens with zero attached hydrogens (tertiary/aromatic N) is 1. The Morgan fingerprint density at radius 1 is 1.19 bits per heavy atom. The summed E-state index contributed by atoms with van der Waals surface area (Å²) in [6.45, 7) is 5.52. The molecular weight excluding hydrogens is 328 g/mol. The minimum absolute atomic E-state index is 0.124. The van der Waals surface area contributed by atoms with Gasteiger partial charge in [0, 0.05) is 18.4 Å². The Bertz CT molecular complexity index is 606. The number of hydrogen-bond donors (Lipinski definition) is 2. The molecule has 0 radical (unpaired) electrons. The van der Waals surface area contributed by atoms with E-state index in [9.17, 15) is 9.90 Å². The Kier molecular flexibility index (Phi) is 4.67. The van der Waals surface area contributed by atoms with Crippen molar-refractivity contribution in [3.8, 4) is 0 Å². The highest BCUT2D eigenvalue weighted by Gasteiger charge is 2.61. The van der Waals surface area contributed by atoms with E-state index in [0.717, 1.165) is 57.1 Å². The van der Waals surface area contributed by atoms with Crippen LogP contribution < -0.4 is 5.73 Å². The molecule has 26 heavy (non-hydrogen) atoms. The Labute approximate surface area is 156 Å². The minimum Gasteiger partial charge on any atom is -0.395 e. The number of aliphatic hydroxyl groups is 1. The number of oxime groups is 1. The number of carbonyl (C=O) groups is 1. The zero-order chi connectivity index (χ0) is 18.5. The molecule has 146 valence electrons. The zero-order valence-electron chi connectivity index (χ0n) is 16.2. The standard InChI is InChI=1S/C21H34N2O3/c1-20-7-5-13(23-26-10-9-22)11-17(20)18(24)12-14-15-3-4-19(25)21(15,2)8-6-16(14)20/h14-18,24H,3-12,22H2,1-2H3/b23-13+/t14?,15?,16?,17-,18-,20-,21+/m1/s1. The Balaban J connectivity index is 1.56. The van der Waals surface area contributed by atoms with Gasteiger partial charge in [0.25, 0.3) is 0 Å². The summed E-state index contributed by atoms with van der Waals surface area (Å²) in [4.78, 5) is 17.8. The Morgan fingerprint density at radius 3 is 2.77 bits per heavy atom. The van der Waals surface area contributed by atoms with Crippen LogP contribution in [0.5, 0.6) is 0 Å². The van der Waals surface area contributed by atoms with Gasteiger partial charge in [-0.25, -0.2) is 0 Å². The summed E-state index contributed by atoms with van der Waals surface area (Å²) in [6.07, 6.45) is 7.38. The van der Waals surface area contributed by atoms with Crippen LogP contribution in [-0.4, -0.2) is 35.9 Å². The lowest BCUT2D eigenvalue weighted by Gasteiger charge is -2.60. The average Bonchev–Trinajstić information content (AvgIpc) is 2.92. The minimum atomic E-state index is -0.292. The van der Waals surface area contributed by atoms with E-state index in [1.54, 1.807) is 0 Å². The summed E-state index contributed by atoms with van der Waals surface area (Å²) in [5, 5.41) is 15.4. The number of ketones is 1. The van der Waals surface area contributed by atoms with E-state index >= 15 is 0 Å². The molecule has 0 aromatic carbocycles. The van der Waals surface area contributed by atoms with Crippen molar-refractivity contribution in [1.29, 1.82) is 0 Å². The van der Waals surface area contributed by atoms with Gasteiger partial charge < -0.3 is 15.7 Å². The molecule has 4 aliphatic rings. The van der Waals surface area contributed by atoms with Gasteiger partial charge in [-0.15, -0.1) is 0 Å². The van der Waals surface area contributed by atoms with Gasteiger partial charge in [-0.1, -0.05) is 19.0 Å². The van der Waals surface area contributed by atoms with E-state index in [1.807, 2.05) is 0 Å². The van der Waals surface area contributed by atoms with Gasteiger partial charge in [0.15, 0.2) is 0 Å². The van der Waals surface area contributed by atoms with E-state index in [4.69, 9.17) is 10.6 Å². The fraction of sp³-hybridized carbons (Fsp3) is 0.905. The normalized spacial score (nSPS) is 49.5. The molecule has 0 bridgehead atoms. The molecule has 0 aromatic heterocycles. The summed E-state index contributed by atoms with van der Waals surface area (Å²) >= 11 is 0. The second-order valence-electron chi connectivity index (χ2n) is 9.69. The number of aliphatic hydroxyl groups excluding tert-OH is 1. The van der Waals surface area contributed by atoms with E-state index in [-0.39, 0.29) is 22.9 Å². The summed E-state index contributed by atoms with van der Waals surface area (Å²) in [5.74, 6) is 2.34. The third kappa shape index (κ3) is 2.65. The Hall–Kier alpha value is -0.940. The molecule has 0 aliphatic heterocycles. The smallest absolute Gasteiger partial charge is 0.139 e. The molecule has 4 aliphatic carbocycles. The molecular formula is C21H34N2O3. The number of Topliss-reactive ketones (excluding diaryl/α,β-unsaturated/α-hetero) is 1. The first-order valence-corrected chi connectivity index (χ1v) is 10.5. The number of hydrogen-bond acceptors (Lipinski definition) is 5. The highest BCUT2D eigenvalue weighted by Crippen LogP contribution is 2.65. The quantitative estimate of drug-likeness (QED) is 0.597. The largest absolute Gasteiger partial charge is 0.395 e.